The third-order valence-corrected chi connectivity index (χ3v) is 4.11. The van der Waals surface area contributed by atoms with E-state index in [-0.39, 0.29) is 30.5 Å². The average molecular weight is 297 g/mol. The zero-order valence-electron chi connectivity index (χ0n) is 10.8. The maximum atomic E-state index is 14.0. The minimum absolute atomic E-state index is 0.0363. The van der Waals surface area contributed by atoms with Crippen LogP contribution >= 0.6 is 11.6 Å². The molecular formula is C14H14ClFN2O2. The molecule has 3 rings (SSSR count). The summed E-state index contributed by atoms with van der Waals surface area (Å²) in [5.74, 6) is -0.748. The molecule has 1 unspecified atom stereocenters. The summed E-state index contributed by atoms with van der Waals surface area (Å²) < 4.78 is 14.0. The Morgan fingerprint density at radius 2 is 2.05 bits per heavy atom. The molecule has 0 spiro atoms. The molecule has 1 atom stereocenters. The highest BCUT2D eigenvalue weighted by atomic mass is 35.5. The highest BCUT2D eigenvalue weighted by molar-refractivity contribution is 6.31. The molecule has 6 heteroatoms. The first kappa shape index (κ1) is 13.4. The SMILES string of the molecule is O=C1C2CCCN2C(=O)CCN1c1cc(Cl)ccc1F. The predicted molar refractivity (Wildman–Crippen MR) is 73.1 cm³/mol. The Kier molecular flexibility index (Phi) is 3.38. The van der Waals surface area contributed by atoms with E-state index in [2.05, 4.69) is 0 Å². The Morgan fingerprint density at radius 1 is 1.25 bits per heavy atom. The van der Waals surface area contributed by atoms with Crippen LogP contribution in [-0.2, 0) is 9.59 Å². The van der Waals surface area contributed by atoms with Crippen LogP contribution in [0.15, 0.2) is 18.2 Å². The zero-order chi connectivity index (χ0) is 14.3. The maximum Gasteiger partial charge on any atom is 0.249 e. The molecular weight excluding hydrogens is 283 g/mol. The van der Waals surface area contributed by atoms with E-state index in [1.807, 2.05) is 0 Å². The molecule has 1 aromatic carbocycles. The smallest absolute Gasteiger partial charge is 0.249 e. The molecule has 2 amide bonds. The number of carbonyl (C=O) groups excluding carboxylic acids is 2. The van der Waals surface area contributed by atoms with Gasteiger partial charge in [0.15, 0.2) is 0 Å². The van der Waals surface area contributed by atoms with E-state index in [4.69, 9.17) is 11.6 Å². The molecule has 4 nitrogen and oxygen atoms in total. The van der Waals surface area contributed by atoms with Crippen LogP contribution in [0.25, 0.3) is 0 Å². The first-order valence-corrected chi connectivity index (χ1v) is 7.01. The van der Waals surface area contributed by atoms with E-state index in [9.17, 15) is 14.0 Å². The molecule has 1 aromatic rings. The summed E-state index contributed by atoms with van der Waals surface area (Å²) in [5.41, 5.74) is 0.157. The van der Waals surface area contributed by atoms with Gasteiger partial charge in [-0.25, -0.2) is 4.39 Å². The fourth-order valence-electron chi connectivity index (χ4n) is 2.89. The summed E-state index contributed by atoms with van der Waals surface area (Å²) in [6, 6.07) is 3.66. The lowest BCUT2D eigenvalue weighted by molar-refractivity contribution is -0.135. The van der Waals surface area contributed by atoms with Gasteiger partial charge in [0.2, 0.25) is 11.8 Å². The Bertz CT molecular complexity index is 578. The lowest BCUT2D eigenvalue weighted by atomic mass is 10.2. The van der Waals surface area contributed by atoms with Crippen molar-refractivity contribution in [3.63, 3.8) is 0 Å². The molecule has 2 heterocycles. The maximum absolute atomic E-state index is 14.0. The summed E-state index contributed by atoms with van der Waals surface area (Å²) >= 11 is 5.88. The monoisotopic (exact) mass is 296 g/mol. The fourth-order valence-corrected chi connectivity index (χ4v) is 3.06. The molecule has 0 radical (unpaired) electrons. The number of halogens is 2. The van der Waals surface area contributed by atoms with Crippen LogP contribution in [0.1, 0.15) is 19.3 Å². The first-order valence-electron chi connectivity index (χ1n) is 6.64. The molecule has 20 heavy (non-hydrogen) atoms. The number of nitrogens with zero attached hydrogens (tertiary/aromatic N) is 2. The number of hydrogen-bond donors (Lipinski definition) is 0. The third kappa shape index (κ3) is 2.16. The minimum Gasteiger partial charge on any atom is -0.331 e. The van der Waals surface area contributed by atoms with Crippen molar-refractivity contribution >= 4 is 29.1 Å². The number of rotatable bonds is 1. The van der Waals surface area contributed by atoms with Crippen molar-refractivity contribution in [3.8, 4) is 0 Å². The number of hydrogen-bond acceptors (Lipinski definition) is 2. The van der Waals surface area contributed by atoms with Gasteiger partial charge in [-0.15, -0.1) is 0 Å². The molecule has 0 aliphatic carbocycles. The van der Waals surface area contributed by atoms with Crippen LogP contribution in [0.4, 0.5) is 10.1 Å². The molecule has 2 aliphatic heterocycles. The van der Waals surface area contributed by atoms with Crippen molar-refractivity contribution in [2.24, 2.45) is 0 Å². The second-order valence-electron chi connectivity index (χ2n) is 5.08. The summed E-state index contributed by atoms with van der Waals surface area (Å²) in [5, 5.41) is 0.369. The van der Waals surface area contributed by atoms with E-state index in [1.54, 1.807) is 4.90 Å². The summed E-state index contributed by atoms with van der Waals surface area (Å²) in [6.07, 6.45) is 1.67. The lowest BCUT2D eigenvalue weighted by Gasteiger charge is -2.25. The van der Waals surface area contributed by atoms with Gasteiger partial charge in [0, 0.05) is 24.5 Å². The van der Waals surface area contributed by atoms with Gasteiger partial charge in [0.05, 0.1) is 5.69 Å². The molecule has 0 bridgehead atoms. The van der Waals surface area contributed by atoms with Gasteiger partial charge in [-0.3, -0.25) is 9.59 Å². The number of carbonyl (C=O) groups is 2. The average Bonchev–Trinajstić information content (AvgIpc) is 2.87. The molecule has 106 valence electrons. The van der Waals surface area contributed by atoms with Crippen LogP contribution in [0.3, 0.4) is 0 Å². The minimum atomic E-state index is -0.498. The van der Waals surface area contributed by atoms with Gasteiger partial charge in [0.1, 0.15) is 11.9 Å². The Labute approximate surface area is 121 Å². The standard InChI is InChI=1S/C14H14ClFN2O2/c15-9-3-4-10(16)12(8-9)18-7-5-13(19)17-6-1-2-11(17)14(18)20/h3-4,8,11H,1-2,5-7H2. The Balaban J connectivity index is 1.98. The first-order chi connectivity index (χ1) is 9.58. The van der Waals surface area contributed by atoms with E-state index >= 15 is 0 Å². The molecule has 0 N–H and O–H groups in total. The van der Waals surface area contributed by atoms with Crippen LogP contribution in [0.5, 0.6) is 0 Å². The second kappa shape index (κ2) is 5.05. The van der Waals surface area contributed by atoms with Crippen molar-refractivity contribution in [2.75, 3.05) is 18.0 Å². The van der Waals surface area contributed by atoms with Gasteiger partial charge in [-0.05, 0) is 31.0 Å². The molecule has 2 saturated heterocycles. The van der Waals surface area contributed by atoms with Crippen molar-refractivity contribution in [2.45, 2.75) is 25.3 Å². The van der Waals surface area contributed by atoms with Gasteiger partial charge >= 0.3 is 0 Å². The number of fused-ring (bicyclic) bond motifs is 1. The summed E-state index contributed by atoms with van der Waals surface area (Å²) in [7, 11) is 0. The van der Waals surface area contributed by atoms with Crippen LogP contribution < -0.4 is 4.90 Å². The van der Waals surface area contributed by atoms with E-state index in [0.29, 0.717) is 18.0 Å². The lowest BCUT2D eigenvalue weighted by Crippen LogP contribution is -2.44. The van der Waals surface area contributed by atoms with E-state index in [0.717, 1.165) is 6.42 Å². The largest absolute Gasteiger partial charge is 0.331 e. The fraction of sp³-hybridized carbons (Fsp3) is 0.429. The van der Waals surface area contributed by atoms with Gasteiger partial charge in [0.25, 0.3) is 0 Å². The third-order valence-electron chi connectivity index (χ3n) is 3.87. The number of amides is 2. The Morgan fingerprint density at radius 3 is 2.85 bits per heavy atom. The molecule has 0 aromatic heterocycles. The van der Waals surface area contributed by atoms with Crippen molar-refractivity contribution < 1.29 is 14.0 Å². The van der Waals surface area contributed by atoms with Gasteiger partial charge in [-0.1, -0.05) is 11.6 Å². The van der Waals surface area contributed by atoms with E-state index in [1.165, 1.54) is 23.1 Å². The highest BCUT2D eigenvalue weighted by Crippen LogP contribution is 2.29. The summed E-state index contributed by atoms with van der Waals surface area (Å²) in [4.78, 5) is 27.5. The van der Waals surface area contributed by atoms with Crippen molar-refractivity contribution in [1.29, 1.82) is 0 Å². The second-order valence-corrected chi connectivity index (χ2v) is 5.52. The molecule has 2 fully saturated rings. The van der Waals surface area contributed by atoms with Crippen LogP contribution in [0, 0.1) is 5.82 Å². The number of benzene rings is 1. The van der Waals surface area contributed by atoms with Crippen LogP contribution in [-0.4, -0.2) is 35.8 Å². The van der Waals surface area contributed by atoms with Gasteiger partial charge < -0.3 is 9.80 Å². The van der Waals surface area contributed by atoms with E-state index < -0.39 is 11.9 Å². The summed E-state index contributed by atoms with van der Waals surface area (Å²) in [6.45, 7) is 0.809. The van der Waals surface area contributed by atoms with Crippen LogP contribution in [0.2, 0.25) is 5.02 Å². The van der Waals surface area contributed by atoms with Gasteiger partial charge in [-0.2, -0.15) is 0 Å². The zero-order valence-corrected chi connectivity index (χ0v) is 11.6. The topological polar surface area (TPSA) is 40.6 Å². The number of anilines is 1. The molecule has 0 saturated carbocycles. The quantitative estimate of drug-likeness (QED) is 0.797. The Hall–Kier alpha value is -1.62. The predicted octanol–water partition coefficient (Wildman–Crippen LogP) is 2.21. The molecule has 2 aliphatic rings. The van der Waals surface area contributed by atoms with Crippen molar-refractivity contribution in [3.05, 3.63) is 29.0 Å². The normalized spacial score (nSPS) is 23.0. The highest BCUT2D eigenvalue weighted by Gasteiger charge is 2.40. The van der Waals surface area contributed by atoms with Crippen molar-refractivity contribution in [1.82, 2.24) is 4.90 Å².